The lowest BCUT2D eigenvalue weighted by atomic mass is 10.0. The van der Waals surface area contributed by atoms with Crippen molar-refractivity contribution in [3.05, 3.63) is 54.1 Å². The van der Waals surface area contributed by atoms with Crippen LogP contribution < -0.4 is 0 Å². The van der Waals surface area contributed by atoms with E-state index in [1.54, 1.807) is 6.07 Å². The van der Waals surface area contributed by atoms with Gasteiger partial charge >= 0.3 is 0 Å². The molecule has 0 aliphatic rings. The van der Waals surface area contributed by atoms with Crippen LogP contribution >= 0.6 is 11.6 Å². The minimum absolute atomic E-state index is 0.0798. The summed E-state index contributed by atoms with van der Waals surface area (Å²) in [6.45, 7) is 0. The van der Waals surface area contributed by atoms with Crippen molar-refractivity contribution in [1.82, 2.24) is 0 Å². The monoisotopic (exact) mass is 294 g/mol. The number of halogens is 1. The predicted molar refractivity (Wildman–Crippen MR) is 75.2 cm³/mol. The standard InChI is InChI=1S/C14H11ClO3S/c1-19(17,18)11-7-8-12(13(9-11)14(15)16)10-5-3-2-4-6-10/h2-9H,1H3. The number of hydrogen-bond donors (Lipinski definition) is 0. The van der Waals surface area contributed by atoms with Crippen molar-refractivity contribution in [3.8, 4) is 11.1 Å². The van der Waals surface area contributed by atoms with Gasteiger partial charge in [-0.3, -0.25) is 4.79 Å². The van der Waals surface area contributed by atoms with Gasteiger partial charge in [-0.2, -0.15) is 0 Å². The third-order valence-corrected chi connectivity index (χ3v) is 4.03. The van der Waals surface area contributed by atoms with Crippen molar-refractivity contribution < 1.29 is 13.2 Å². The Labute approximate surface area is 116 Å². The fourth-order valence-electron chi connectivity index (χ4n) is 1.79. The molecule has 0 N–H and O–H groups in total. The number of carbonyl (C=O) groups is 1. The molecule has 0 unspecified atom stereocenters. The van der Waals surface area contributed by atoms with Gasteiger partial charge < -0.3 is 0 Å². The molecule has 19 heavy (non-hydrogen) atoms. The molecule has 2 aromatic rings. The molecule has 0 radical (unpaired) electrons. The lowest BCUT2D eigenvalue weighted by Gasteiger charge is -2.08. The quantitative estimate of drug-likeness (QED) is 0.817. The van der Waals surface area contributed by atoms with Crippen LogP contribution in [0.1, 0.15) is 10.4 Å². The molecule has 0 saturated heterocycles. The highest BCUT2D eigenvalue weighted by molar-refractivity contribution is 7.90. The van der Waals surface area contributed by atoms with Crippen molar-refractivity contribution in [1.29, 1.82) is 0 Å². The number of sulfone groups is 1. The van der Waals surface area contributed by atoms with Crippen LogP contribution in [0.3, 0.4) is 0 Å². The summed E-state index contributed by atoms with van der Waals surface area (Å²) in [6, 6.07) is 13.6. The summed E-state index contributed by atoms with van der Waals surface area (Å²) in [5.74, 6) is 0. The first-order valence-electron chi connectivity index (χ1n) is 5.49. The van der Waals surface area contributed by atoms with E-state index in [0.717, 1.165) is 11.8 Å². The Bertz CT molecular complexity index is 722. The van der Waals surface area contributed by atoms with E-state index in [4.69, 9.17) is 11.6 Å². The zero-order valence-electron chi connectivity index (χ0n) is 10.1. The third kappa shape index (κ3) is 3.03. The van der Waals surface area contributed by atoms with Crippen LogP contribution in [0.2, 0.25) is 0 Å². The zero-order valence-corrected chi connectivity index (χ0v) is 11.7. The minimum Gasteiger partial charge on any atom is -0.276 e. The first-order valence-corrected chi connectivity index (χ1v) is 7.76. The lowest BCUT2D eigenvalue weighted by Crippen LogP contribution is -2.01. The van der Waals surface area contributed by atoms with E-state index in [0.29, 0.717) is 5.56 Å². The second kappa shape index (κ2) is 5.15. The van der Waals surface area contributed by atoms with Crippen molar-refractivity contribution in [2.45, 2.75) is 4.90 Å². The fraction of sp³-hybridized carbons (Fsp3) is 0.0714. The van der Waals surface area contributed by atoms with Gasteiger partial charge in [0.05, 0.1) is 4.90 Å². The topological polar surface area (TPSA) is 51.2 Å². The molecule has 0 spiro atoms. The minimum atomic E-state index is -3.37. The van der Waals surface area contributed by atoms with Crippen molar-refractivity contribution in [3.63, 3.8) is 0 Å². The highest BCUT2D eigenvalue weighted by Gasteiger charge is 2.15. The predicted octanol–water partition coefficient (Wildman–Crippen LogP) is 3.14. The molecule has 3 nitrogen and oxygen atoms in total. The maximum absolute atomic E-state index is 11.5. The van der Waals surface area contributed by atoms with Crippen molar-refractivity contribution in [2.75, 3.05) is 6.26 Å². The second-order valence-electron chi connectivity index (χ2n) is 4.12. The van der Waals surface area contributed by atoms with E-state index in [9.17, 15) is 13.2 Å². The molecule has 5 heteroatoms. The van der Waals surface area contributed by atoms with Crippen LogP contribution in [0.15, 0.2) is 53.4 Å². The molecule has 0 heterocycles. The Hall–Kier alpha value is -1.65. The molecule has 0 aliphatic heterocycles. The maximum Gasteiger partial charge on any atom is 0.253 e. The average molecular weight is 295 g/mol. The maximum atomic E-state index is 11.5. The molecule has 0 saturated carbocycles. The van der Waals surface area contributed by atoms with E-state index in [1.165, 1.54) is 12.1 Å². The van der Waals surface area contributed by atoms with Crippen LogP contribution in [-0.4, -0.2) is 19.9 Å². The molecule has 0 aliphatic carbocycles. The Morgan fingerprint density at radius 2 is 1.68 bits per heavy atom. The Morgan fingerprint density at radius 3 is 2.21 bits per heavy atom. The van der Waals surface area contributed by atoms with Crippen molar-refractivity contribution in [2.24, 2.45) is 0 Å². The van der Waals surface area contributed by atoms with Gasteiger partial charge in [0.15, 0.2) is 9.84 Å². The first-order chi connectivity index (χ1) is 8.89. The molecule has 2 rings (SSSR count). The van der Waals surface area contributed by atoms with Crippen LogP contribution in [0, 0.1) is 0 Å². The van der Waals surface area contributed by atoms with Gasteiger partial charge in [-0.05, 0) is 34.9 Å². The molecular formula is C14H11ClO3S. The van der Waals surface area contributed by atoms with Gasteiger partial charge in [0.2, 0.25) is 0 Å². The largest absolute Gasteiger partial charge is 0.276 e. The van der Waals surface area contributed by atoms with Crippen LogP contribution in [0.4, 0.5) is 0 Å². The number of benzene rings is 2. The smallest absolute Gasteiger partial charge is 0.253 e. The first kappa shape index (κ1) is 13.8. The number of carbonyl (C=O) groups excluding carboxylic acids is 1. The highest BCUT2D eigenvalue weighted by Crippen LogP contribution is 2.27. The van der Waals surface area contributed by atoms with Gasteiger partial charge in [0.25, 0.3) is 5.24 Å². The van der Waals surface area contributed by atoms with Gasteiger partial charge in [-0.1, -0.05) is 36.4 Å². The molecule has 0 aromatic heterocycles. The van der Waals surface area contributed by atoms with Gasteiger partial charge in [0, 0.05) is 11.8 Å². The summed E-state index contributed by atoms with van der Waals surface area (Å²) >= 11 is 5.55. The molecule has 2 aromatic carbocycles. The van der Waals surface area contributed by atoms with E-state index >= 15 is 0 Å². The summed E-state index contributed by atoms with van der Waals surface area (Å²) < 4.78 is 23.0. The lowest BCUT2D eigenvalue weighted by molar-refractivity contribution is 0.108. The van der Waals surface area contributed by atoms with E-state index in [1.807, 2.05) is 30.3 Å². The van der Waals surface area contributed by atoms with Gasteiger partial charge in [-0.25, -0.2) is 8.42 Å². The number of rotatable bonds is 3. The zero-order chi connectivity index (χ0) is 14.0. The molecule has 98 valence electrons. The number of hydrogen-bond acceptors (Lipinski definition) is 3. The molecular weight excluding hydrogens is 284 g/mol. The average Bonchev–Trinajstić information content (AvgIpc) is 2.38. The summed E-state index contributed by atoms with van der Waals surface area (Å²) in [5, 5.41) is -0.677. The molecule has 0 atom stereocenters. The second-order valence-corrected chi connectivity index (χ2v) is 6.48. The Balaban J connectivity index is 2.67. The van der Waals surface area contributed by atoms with Gasteiger partial charge in [-0.15, -0.1) is 0 Å². The van der Waals surface area contributed by atoms with E-state index in [2.05, 4.69) is 0 Å². The van der Waals surface area contributed by atoms with Crippen LogP contribution in [0.5, 0.6) is 0 Å². The Morgan fingerprint density at radius 1 is 1.05 bits per heavy atom. The molecule has 0 bridgehead atoms. The third-order valence-electron chi connectivity index (χ3n) is 2.72. The SMILES string of the molecule is CS(=O)(=O)c1ccc(-c2ccccc2)c(C(=O)Cl)c1. The summed E-state index contributed by atoms with van der Waals surface area (Å²) in [7, 11) is -3.37. The van der Waals surface area contributed by atoms with Crippen LogP contribution in [0.25, 0.3) is 11.1 Å². The molecule has 0 fully saturated rings. The summed E-state index contributed by atoms with van der Waals surface area (Å²) in [6.07, 6.45) is 1.09. The fourth-order valence-corrected chi connectivity index (χ4v) is 2.59. The molecule has 0 amide bonds. The van der Waals surface area contributed by atoms with Crippen molar-refractivity contribution >= 4 is 26.7 Å². The summed E-state index contributed by atoms with van der Waals surface area (Å²) in [5.41, 5.74) is 1.62. The summed E-state index contributed by atoms with van der Waals surface area (Å²) in [4.78, 5) is 11.6. The van der Waals surface area contributed by atoms with Crippen LogP contribution in [-0.2, 0) is 9.84 Å². The van der Waals surface area contributed by atoms with E-state index in [-0.39, 0.29) is 10.5 Å². The Kier molecular flexibility index (Phi) is 3.73. The normalized spacial score (nSPS) is 11.3. The van der Waals surface area contributed by atoms with E-state index < -0.39 is 15.1 Å². The highest BCUT2D eigenvalue weighted by atomic mass is 35.5. The van der Waals surface area contributed by atoms with Gasteiger partial charge in [0.1, 0.15) is 0 Å².